The Labute approximate surface area is 85.7 Å². The van der Waals surface area contributed by atoms with Gasteiger partial charge in [0.25, 0.3) is 0 Å². The van der Waals surface area contributed by atoms with Crippen molar-refractivity contribution in [3.63, 3.8) is 0 Å². The zero-order chi connectivity index (χ0) is 10.6. The number of aliphatic carboxylic acids is 1. The second-order valence-corrected chi connectivity index (χ2v) is 4.60. The van der Waals surface area contributed by atoms with Crippen LogP contribution in [-0.4, -0.2) is 17.6 Å². The molecular formula is C11H21NO2. The van der Waals surface area contributed by atoms with Crippen LogP contribution in [0, 0.1) is 17.8 Å². The molecule has 1 aliphatic rings. The van der Waals surface area contributed by atoms with Crippen molar-refractivity contribution in [2.45, 2.75) is 39.0 Å². The highest BCUT2D eigenvalue weighted by molar-refractivity contribution is 5.67. The highest BCUT2D eigenvalue weighted by Crippen LogP contribution is 2.36. The van der Waals surface area contributed by atoms with Crippen molar-refractivity contribution in [2.75, 3.05) is 6.54 Å². The summed E-state index contributed by atoms with van der Waals surface area (Å²) in [6, 6.07) is 0. The first-order valence-corrected chi connectivity index (χ1v) is 5.55. The van der Waals surface area contributed by atoms with Crippen LogP contribution in [0.15, 0.2) is 0 Å². The summed E-state index contributed by atoms with van der Waals surface area (Å²) in [5.41, 5.74) is 5.57. The van der Waals surface area contributed by atoms with E-state index in [1.807, 2.05) is 0 Å². The number of rotatable bonds is 6. The third kappa shape index (κ3) is 3.29. The van der Waals surface area contributed by atoms with Gasteiger partial charge >= 0.3 is 5.97 Å². The van der Waals surface area contributed by atoms with Gasteiger partial charge < -0.3 is 10.8 Å². The minimum absolute atomic E-state index is 0.170. The lowest BCUT2D eigenvalue weighted by atomic mass is 9.73. The van der Waals surface area contributed by atoms with Gasteiger partial charge in [-0.05, 0) is 30.7 Å². The molecule has 1 rings (SSSR count). The Kier molecular flexibility index (Phi) is 4.39. The summed E-state index contributed by atoms with van der Waals surface area (Å²) in [6.07, 6.45) is 5.21. The monoisotopic (exact) mass is 199 g/mol. The van der Waals surface area contributed by atoms with Crippen molar-refractivity contribution < 1.29 is 9.90 Å². The Morgan fingerprint density at radius 2 is 2.21 bits per heavy atom. The lowest BCUT2D eigenvalue weighted by Gasteiger charge is -2.33. The minimum atomic E-state index is -0.721. The second-order valence-electron chi connectivity index (χ2n) is 4.60. The quantitative estimate of drug-likeness (QED) is 0.686. The lowest BCUT2D eigenvalue weighted by Crippen LogP contribution is -2.26. The van der Waals surface area contributed by atoms with E-state index in [1.165, 1.54) is 19.3 Å². The van der Waals surface area contributed by atoms with E-state index >= 15 is 0 Å². The maximum absolute atomic E-state index is 10.5. The Bertz CT molecular complexity index is 190. The number of hydrogen-bond donors (Lipinski definition) is 2. The van der Waals surface area contributed by atoms with Gasteiger partial charge in [-0.15, -0.1) is 0 Å². The molecule has 0 heterocycles. The highest BCUT2D eigenvalue weighted by Gasteiger charge is 2.26. The van der Waals surface area contributed by atoms with Crippen LogP contribution in [0.2, 0.25) is 0 Å². The van der Waals surface area contributed by atoms with Gasteiger partial charge in [0.1, 0.15) is 0 Å². The molecule has 0 unspecified atom stereocenters. The van der Waals surface area contributed by atoms with Crippen LogP contribution in [-0.2, 0) is 4.79 Å². The third-order valence-electron chi connectivity index (χ3n) is 3.46. The van der Waals surface area contributed by atoms with Crippen LogP contribution in [0.3, 0.4) is 0 Å². The summed E-state index contributed by atoms with van der Waals surface area (Å²) in [5.74, 6) is 0.929. The van der Waals surface area contributed by atoms with Crippen LogP contribution in [0.25, 0.3) is 0 Å². The van der Waals surface area contributed by atoms with Gasteiger partial charge in [-0.2, -0.15) is 0 Å². The summed E-state index contributed by atoms with van der Waals surface area (Å²) < 4.78 is 0. The molecule has 0 radical (unpaired) electrons. The van der Waals surface area contributed by atoms with Gasteiger partial charge in [-0.3, -0.25) is 4.79 Å². The van der Waals surface area contributed by atoms with Crippen molar-refractivity contribution in [3.05, 3.63) is 0 Å². The molecule has 3 N–H and O–H groups in total. The highest BCUT2D eigenvalue weighted by atomic mass is 16.4. The van der Waals surface area contributed by atoms with Gasteiger partial charge in [0.2, 0.25) is 0 Å². The van der Waals surface area contributed by atoms with E-state index in [4.69, 9.17) is 10.8 Å². The average Bonchev–Trinajstić information content (AvgIpc) is 1.98. The molecule has 0 aliphatic heterocycles. The second kappa shape index (κ2) is 5.35. The summed E-state index contributed by atoms with van der Waals surface area (Å²) in [4.78, 5) is 10.5. The molecule has 82 valence electrons. The number of nitrogens with two attached hydrogens (primary N) is 1. The molecule has 0 saturated heterocycles. The topological polar surface area (TPSA) is 63.3 Å². The normalized spacial score (nSPS) is 21.3. The van der Waals surface area contributed by atoms with Crippen molar-refractivity contribution in [1.29, 1.82) is 0 Å². The van der Waals surface area contributed by atoms with E-state index in [0.29, 0.717) is 12.5 Å². The zero-order valence-electron chi connectivity index (χ0n) is 8.91. The van der Waals surface area contributed by atoms with Gasteiger partial charge in [0, 0.05) is 6.42 Å². The Hall–Kier alpha value is -0.570. The molecule has 1 aliphatic carbocycles. The van der Waals surface area contributed by atoms with Gasteiger partial charge in [0.05, 0.1) is 0 Å². The van der Waals surface area contributed by atoms with Gasteiger partial charge in [0.15, 0.2) is 0 Å². The number of carboxylic acids is 1. The molecule has 1 saturated carbocycles. The Balaban J connectivity index is 2.27. The van der Waals surface area contributed by atoms with E-state index in [0.717, 1.165) is 12.3 Å². The van der Waals surface area contributed by atoms with Gasteiger partial charge in [-0.25, -0.2) is 0 Å². The van der Waals surface area contributed by atoms with Crippen molar-refractivity contribution in [2.24, 2.45) is 23.5 Å². The van der Waals surface area contributed by atoms with Crippen molar-refractivity contribution >= 4 is 5.97 Å². The number of carboxylic acid groups (broad SMARTS) is 1. The third-order valence-corrected chi connectivity index (χ3v) is 3.46. The van der Waals surface area contributed by atoms with E-state index in [2.05, 4.69) is 6.92 Å². The standard InChI is InChI=1S/C11H21NO2/c1-8(10-3-2-4-10)5-9(7-12)6-11(13)14/h8-10H,2-7,12H2,1H3,(H,13,14)/t8-,9-/m0/s1. The lowest BCUT2D eigenvalue weighted by molar-refractivity contribution is -0.138. The number of hydrogen-bond acceptors (Lipinski definition) is 2. The molecule has 0 amide bonds. The Morgan fingerprint density at radius 1 is 1.57 bits per heavy atom. The summed E-state index contributed by atoms with van der Waals surface area (Å²) in [6.45, 7) is 2.73. The predicted molar refractivity (Wildman–Crippen MR) is 55.9 cm³/mol. The van der Waals surface area contributed by atoms with E-state index in [-0.39, 0.29) is 12.3 Å². The van der Waals surface area contributed by atoms with Gasteiger partial charge in [-0.1, -0.05) is 26.2 Å². The Morgan fingerprint density at radius 3 is 2.57 bits per heavy atom. The van der Waals surface area contributed by atoms with Crippen LogP contribution < -0.4 is 5.73 Å². The van der Waals surface area contributed by atoms with Crippen molar-refractivity contribution in [1.82, 2.24) is 0 Å². The molecule has 0 aromatic carbocycles. The van der Waals surface area contributed by atoms with E-state index in [1.54, 1.807) is 0 Å². The zero-order valence-corrected chi connectivity index (χ0v) is 8.91. The first-order valence-electron chi connectivity index (χ1n) is 5.55. The smallest absolute Gasteiger partial charge is 0.303 e. The maximum atomic E-state index is 10.5. The predicted octanol–water partition coefficient (Wildman–Crippen LogP) is 1.86. The SMILES string of the molecule is C[C@@H](C[C@H](CN)CC(=O)O)C1CCC1. The molecule has 2 atom stereocenters. The first kappa shape index (κ1) is 11.5. The van der Waals surface area contributed by atoms with Crippen LogP contribution in [0.1, 0.15) is 39.0 Å². The largest absolute Gasteiger partial charge is 0.481 e. The molecule has 0 spiro atoms. The van der Waals surface area contributed by atoms with Crippen LogP contribution in [0.5, 0.6) is 0 Å². The molecule has 0 aromatic rings. The molecular weight excluding hydrogens is 178 g/mol. The fraction of sp³-hybridized carbons (Fsp3) is 0.909. The molecule has 0 aromatic heterocycles. The van der Waals surface area contributed by atoms with Crippen LogP contribution >= 0.6 is 0 Å². The van der Waals surface area contributed by atoms with E-state index in [9.17, 15) is 4.79 Å². The van der Waals surface area contributed by atoms with E-state index < -0.39 is 5.97 Å². The molecule has 0 bridgehead atoms. The van der Waals surface area contributed by atoms with Crippen molar-refractivity contribution in [3.8, 4) is 0 Å². The average molecular weight is 199 g/mol. The fourth-order valence-electron chi connectivity index (χ4n) is 2.24. The summed E-state index contributed by atoms with van der Waals surface area (Å²) in [7, 11) is 0. The summed E-state index contributed by atoms with van der Waals surface area (Å²) >= 11 is 0. The molecule has 1 fully saturated rings. The first-order chi connectivity index (χ1) is 6.63. The molecule has 3 heteroatoms. The molecule has 14 heavy (non-hydrogen) atoms. The number of carbonyl (C=O) groups is 1. The summed E-state index contributed by atoms with van der Waals surface area (Å²) in [5, 5.41) is 8.68. The maximum Gasteiger partial charge on any atom is 0.303 e. The molecule has 3 nitrogen and oxygen atoms in total. The van der Waals surface area contributed by atoms with Crippen LogP contribution in [0.4, 0.5) is 0 Å². The minimum Gasteiger partial charge on any atom is -0.481 e. The fourth-order valence-corrected chi connectivity index (χ4v) is 2.24.